The summed E-state index contributed by atoms with van der Waals surface area (Å²) in [6.07, 6.45) is 1.69. The lowest BCUT2D eigenvalue weighted by atomic mass is 10.1. The van der Waals surface area contributed by atoms with Crippen molar-refractivity contribution >= 4 is 11.6 Å². The van der Waals surface area contributed by atoms with E-state index in [1.807, 2.05) is 28.8 Å². The third-order valence-corrected chi connectivity index (χ3v) is 5.07. The van der Waals surface area contributed by atoms with Crippen LogP contribution in [0.4, 0.5) is 14.5 Å². The van der Waals surface area contributed by atoms with Crippen LogP contribution in [0.3, 0.4) is 0 Å². The van der Waals surface area contributed by atoms with Gasteiger partial charge in [-0.1, -0.05) is 24.3 Å². The van der Waals surface area contributed by atoms with Crippen molar-refractivity contribution in [2.24, 2.45) is 0 Å². The van der Waals surface area contributed by atoms with E-state index >= 15 is 0 Å². The summed E-state index contributed by atoms with van der Waals surface area (Å²) in [4.78, 5) is 19.3. The number of benzene rings is 3. The fourth-order valence-corrected chi connectivity index (χ4v) is 3.67. The molecule has 1 amide bonds. The zero-order valence-electron chi connectivity index (χ0n) is 15.2. The Balaban J connectivity index is 1.65. The Morgan fingerprint density at radius 3 is 2.31 bits per heavy atom. The topological polar surface area (TPSA) is 38.1 Å². The minimum Gasteiger partial charge on any atom is -0.300 e. The zero-order valence-corrected chi connectivity index (χ0v) is 15.2. The first kappa shape index (κ1) is 17.3. The molecule has 1 aromatic heterocycles. The number of carbonyl (C=O) groups is 1. The second kappa shape index (κ2) is 6.67. The van der Waals surface area contributed by atoms with E-state index in [1.165, 1.54) is 24.3 Å². The van der Waals surface area contributed by atoms with Crippen LogP contribution >= 0.6 is 0 Å². The summed E-state index contributed by atoms with van der Waals surface area (Å²) in [5.74, 6) is -1.32. The standard InChI is InChI=1S/C23H15F2N3O/c24-16-11-9-15(10-12-16)22-21-13-27(23(29)17-5-1-2-6-18(17)25)19-7-3-4-8-20(19)28(21)14-26-22/h1-12,14H,13H2. The average Bonchev–Trinajstić information content (AvgIpc) is 3.18. The van der Waals surface area contributed by atoms with Crippen LogP contribution in [0.2, 0.25) is 0 Å². The number of imidazole rings is 1. The lowest BCUT2D eigenvalue weighted by Crippen LogP contribution is -2.35. The number of aromatic nitrogens is 2. The first-order chi connectivity index (χ1) is 14.1. The predicted molar refractivity (Wildman–Crippen MR) is 106 cm³/mol. The Bertz CT molecular complexity index is 1230. The zero-order chi connectivity index (χ0) is 20.0. The average molecular weight is 387 g/mol. The molecular weight excluding hydrogens is 372 g/mol. The SMILES string of the molecule is O=C(c1ccccc1F)N1Cc2c(-c3ccc(F)cc3)ncn2-c2ccccc21. The summed E-state index contributed by atoms with van der Waals surface area (Å²) >= 11 is 0. The summed E-state index contributed by atoms with van der Waals surface area (Å²) in [6.45, 7) is 0.219. The van der Waals surface area contributed by atoms with Gasteiger partial charge >= 0.3 is 0 Å². The molecule has 0 saturated heterocycles. The van der Waals surface area contributed by atoms with Gasteiger partial charge in [0.2, 0.25) is 0 Å². The van der Waals surface area contributed by atoms with Crippen molar-refractivity contribution in [1.29, 1.82) is 0 Å². The first-order valence-corrected chi connectivity index (χ1v) is 9.11. The van der Waals surface area contributed by atoms with Gasteiger partial charge in [0.05, 0.1) is 34.9 Å². The second-order valence-electron chi connectivity index (χ2n) is 6.78. The number of carbonyl (C=O) groups excluding carboxylic acids is 1. The maximum absolute atomic E-state index is 14.3. The molecule has 3 aromatic carbocycles. The van der Waals surface area contributed by atoms with E-state index in [2.05, 4.69) is 4.98 Å². The van der Waals surface area contributed by atoms with E-state index in [9.17, 15) is 13.6 Å². The summed E-state index contributed by atoms with van der Waals surface area (Å²) in [7, 11) is 0. The highest BCUT2D eigenvalue weighted by atomic mass is 19.1. The maximum Gasteiger partial charge on any atom is 0.261 e. The van der Waals surface area contributed by atoms with Crippen LogP contribution in [0.5, 0.6) is 0 Å². The van der Waals surface area contributed by atoms with Crippen molar-refractivity contribution in [2.45, 2.75) is 6.54 Å². The number of fused-ring (bicyclic) bond motifs is 3. The summed E-state index contributed by atoms with van der Waals surface area (Å²) in [5.41, 5.74) is 3.65. The van der Waals surface area contributed by atoms with Crippen LogP contribution in [0.1, 0.15) is 16.1 Å². The molecule has 1 aliphatic heterocycles. The highest BCUT2D eigenvalue weighted by molar-refractivity contribution is 6.07. The van der Waals surface area contributed by atoms with Gasteiger partial charge in [0.25, 0.3) is 5.91 Å². The Labute approximate surface area is 165 Å². The highest BCUT2D eigenvalue weighted by Crippen LogP contribution is 2.37. The number of halogens is 2. The number of hydrogen-bond acceptors (Lipinski definition) is 2. The monoisotopic (exact) mass is 387 g/mol. The molecule has 4 nitrogen and oxygen atoms in total. The summed E-state index contributed by atoms with van der Waals surface area (Å²) < 4.78 is 29.5. The molecule has 2 heterocycles. The van der Waals surface area contributed by atoms with Gasteiger partial charge in [-0.2, -0.15) is 0 Å². The maximum atomic E-state index is 14.3. The fraction of sp³-hybridized carbons (Fsp3) is 0.0435. The number of anilines is 1. The van der Waals surface area contributed by atoms with Crippen molar-refractivity contribution in [3.05, 3.63) is 102 Å². The predicted octanol–water partition coefficient (Wildman–Crippen LogP) is 4.98. The van der Waals surface area contributed by atoms with Crippen molar-refractivity contribution in [2.75, 3.05) is 4.90 Å². The number of nitrogens with zero attached hydrogens (tertiary/aromatic N) is 3. The molecule has 0 N–H and O–H groups in total. The van der Waals surface area contributed by atoms with Crippen LogP contribution < -0.4 is 4.90 Å². The van der Waals surface area contributed by atoms with E-state index in [4.69, 9.17) is 0 Å². The second-order valence-corrected chi connectivity index (χ2v) is 6.78. The Kier molecular flexibility index (Phi) is 3.98. The molecule has 0 unspecified atom stereocenters. The van der Waals surface area contributed by atoms with Crippen molar-refractivity contribution in [3.63, 3.8) is 0 Å². The summed E-state index contributed by atoms with van der Waals surface area (Å²) in [5, 5.41) is 0. The van der Waals surface area contributed by atoms with Crippen LogP contribution in [0.15, 0.2) is 79.1 Å². The Morgan fingerprint density at radius 1 is 0.862 bits per heavy atom. The van der Waals surface area contributed by atoms with Crippen LogP contribution in [-0.2, 0) is 6.54 Å². The first-order valence-electron chi connectivity index (χ1n) is 9.11. The van der Waals surface area contributed by atoms with Gasteiger partial charge in [-0.3, -0.25) is 9.36 Å². The fourth-order valence-electron chi connectivity index (χ4n) is 3.67. The normalized spacial score (nSPS) is 12.4. The van der Waals surface area contributed by atoms with Gasteiger partial charge in [0.1, 0.15) is 18.0 Å². The molecule has 5 rings (SSSR count). The molecule has 6 heteroatoms. The van der Waals surface area contributed by atoms with E-state index in [0.29, 0.717) is 11.4 Å². The minimum atomic E-state index is -0.562. The molecule has 0 atom stereocenters. The number of para-hydroxylation sites is 2. The molecule has 0 fully saturated rings. The van der Waals surface area contributed by atoms with E-state index in [0.717, 1.165) is 16.9 Å². The molecule has 4 aromatic rings. The van der Waals surface area contributed by atoms with E-state index in [1.54, 1.807) is 35.5 Å². The molecule has 142 valence electrons. The van der Waals surface area contributed by atoms with E-state index in [-0.39, 0.29) is 17.9 Å². The molecule has 29 heavy (non-hydrogen) atoms. The smallest absolute Gasteiger partial charge is 0.261 e. The lowest BCUT2D eigenvalue weighted by Gasteiger charge is -2.31. The Hall–Kier alpha value is -3.80. The van der Waals surface area contributed by atoms with Crippen LogP contribution in [0.25, 0.3) is 16.9 Å². The van der Waals surface area contributed by atoms with E-state index < -0.39 is 11.7 Å². The molecule has 0 radical (unpaired) electrons. The molecule has 1 aliphatic rings. The number of amides is 1. The largest absolute Gasteiger partial charge is 0.300 e. The molecular formula is C23H15F2N3O. The number of rotatable bonds is 2. The van der Waals surface area contributed by atoms with Gasteiger partial charge in [-0.25, -0.2) is 13.8 Å². The van der Waals surface area contributed by atoms with Crippen molar-refractivity contribution in [1.82, 2.24) is 9.55 Å². The third kappa shape index (κ3) is 2.81. The van der Waals surface area contributed by atoms with Gasteiger partial charge in [0.15, 0.2) is 0 Å². The molecule has 0 bridgehead atoms. The van der Waals surface area contributed by atoms with Gasteiger partial charge < -0.3 is 4.90 Å². The third-order valence-electron chi connectivity index (χ3n) is 5.07. The van der Waals surface area contributed by atoms with Gasteiger partial charge in [-0.15, -0.1) is 0 Å². The lowest BCUT2D eigenvalue weighted by molar-refractivity contribution is 0.0980. The van der Waals surface area contributed by atoms with Gasteiger partial charge in [-0.05, 0) is 48.5 Å². The van der Waals surface area contributed by atoms with Crippen molar-refractivity contribution < 1.29 is 13.6 Å². The number of hydrogen-bond donors (Lipinski definition) is 0. The van der Waals surface area contributed by atoms with Gasteiger partial charge in [0, 0.05) is 5.56 Å². The minimum absolute atomic E-state index is 0.0126. The van der Waals surface area contributed by atoms with Crippen LogP contribution in [0, 0.1) is 11.6 Å². The highest BCUT2D eigenvalue weighted by Gasteiger charge is 2.30. The molecule has 0 saturated carbocycles. The Morgan fingerprint density at radius 2 is 1.55 bits per heavy atom. The molecule has 0 spiro atoms. The van der Waals surface area contributed by atoms with Crippen molar-refractivity contribution in [3.8, 4) is 16.9 Å². The molecule has 0 aliphatic carbocycles. The van der Waals surface area contributed by atoms with Crippen LogP contribution in [-0.4, -0.2) is 15.5 Å². The summed E-state index contributed by atoms with van der Waals surface area (Å²) in [6, 6.07) is 19.4. The quantitative estimate of drug-likeness (QED) is 0.487.